The van der Waals surface area contributed by atoms with Crippen molar-refractivity contribution in [1.82, 2.24) is 24.6 Å². The molecule has 3 aliphatic rings. The number of likely N-dealkylation sites (tertiary alicyclic amines) is 1. The zero-order valence-electron chi connectivity index (χ0n) is 21.7. The van der Waals surface area contributed by atoms with Crippen molar-refractivity contribution in [3.63, 3.8) is 0 Å². The number of ketones is 2. The van der Waals surface area contributed by atoms with Crippen LogP contribution in [0.15, 0.2) is 36.7 Å². The van der Waals surface area contributed by atoms with Gasteiger partial charge < -0.3 is 9.64 Å². The number of rotatable bonds is 10. The zero-order chi connectivity index (χ0) is 27.5. The van der Waals surface area contributed by atoms with Crippen molar-refractivity contribution in [3.8, 4) is 5.75 Å². The number of Topliss-reactive ketones (excluding diaryl/α,β-unsaturated/α-hetero) is 2. The van der Waals surface area contributed by atoms with E-state index in [1.165, 1.54) is 6.92 Å². The maximum atomic E-state index is 13.6. The first-order valence-corrected chi connectivity index (χ1v) is 14.0. The van der Waals surface area contributed by atoms with E-state index in [0.29, 0.717) is 47.7 Å². The average molecular weight is 570 g/mol. The van der Waals surface area contributed by atoms with Gasteiger partial charge in [-0.2, -0.15) is 5.10 Å². The third-order valence-corrected chi connectivity index (χ3v) is 9.05. The van der Waals surface area contributed by atoms with Gasteiger partial charge in [-0.05, 0) is 61.3 Å². The molecule has 0 radical (unpaired) electrons. The van der Waals surface area contributed by atoms with Gasteiger partial charge in [0.05, 0.1) is 11.6 Å². The monoisotopic (exact) mass is 569 g/mol. The lowest BCUT2D eigenvalue weighted by Crippen LogP contribution is -2.45. The molecule has 3 heterocycles. The number of amides is 1. The van der Waals surface area contributed by atoms with Crippen molar-refractivity contribution in [3.05, 3.63) is 48.2 Å². The summed E-state index contributed by atoms with van der Waals surface area (Å²) in [5.74, 6) is 1.32. The Morgan fingerprint density at radius 3 is 2.62 bits per heavy atom. The summed E-state index contributed by atoms with van der Waals surface area (Å²) >= 11 is 12.4. The Hall–Kier alpha value is -3.04. The number of halogens is 2. The smallest absolute Gasteiger partial charge is 0.245 e. The van der Waals surface area contributed by atoms with Crippen molar-refractivity contribution >= 4 is 51.6 Å². The van der Waals surface area contributed by atoms with Crippen LogP contribution in [0.3, 0.4) is 0 Å². The SMILES string of the molecule is CC(=O)c1nn(CC(=O)N2[C@@H]3C[C@@H]3C[C@H]2C(=O)C[C@H](C)[C@H]2CC2(Cl)Cl)c2ccc(OCc3ncccn3)cc12. The Morgan fingerprint density at radius 2 is 1.92 bits per heavy atom. The molecule has 2 saturated carbocycles. The average Bonchev–Trinajstić information content (AvgIpc) is 3.72. The van der Waals surface area contributed by atoms with Crippen LogP contribution in [0.25, 0.3) is 10.9 Å². The number of carbonyl (C=O) groups excluding carboxylic acids is 3. The predicted octanol–water partition coefficient (Wildman–Crippen LogP) is 4.39. The number of fused-ring (bicyclic) bond motifs is 2. The molecule has 0 N–H and O–H groups in total. The zero-order valence-corrected chi connectivity index (χ0v) is 23.2. The molecule has 1 aromatic carbocycles. The summed E-state index contributed by atoms with van der Waals surface area (Å²) in [4.78, 5) is 49.4. The van der Waals surface area contributed by atoms with Crippen molar-refractivity contribution in [2.75, 3.05) is 0 Å². The minimum absolute atomic E-state index is 0.0561. The summed E-state index contributed by atoms with van der Waals surface area (Å²) in [5.41, 5.74) is 0.913. The van der Waals surface area contributed by atoms with Crippen LogP contribution in [0.4, 0.5) is 0 Å². The number of hydrogen-bond acceptors (Lipinski definition) is 7. The number of benzene rings is 1. The molecule has 9 nitrogen and oxygen atoms in total. The summed E-state index contributed by atoms with van der Waals surface area (Å²) in [5, 5.41) is 5.09. The molecule has 3 aromatic rings. The Bertz CT molecular complexity index is 1460. The van der Waals surface area contributed by atoms with Crippen molar-refractivity contribution in [1.29, 1.82) is 0 Å². The molecular formula is C28H29Cl2N5O4. The minimum atomic E-state index is -0.733. The van der Waals surface area contributed by atoms with E-state index in [0.717, 1.165) is 6.42 Å². The first-order valence-electron chi connectivity index (χ1n) is 13.2. The van der Waals surface area contributed by atoms with Gasteiger partial charge in [0.15, 0.2) is 17.4 Å². The molecular weight excluding hydrogens is 541 g/mol. The Labute approximate surface area is 235 Å². The second kappa shape index (κ2) is 9.86. The highest BCUT2D eigenvalue weighted by Gasteiger charge is 2.57. The number of piperidine rings is 1. The van der Waals surface area contributed by atoms with Crippen molar-refractivity contribution in [2.45, 2.75) is 69.1 Å². The maximum Gasteiger partial charge on any atom is 0.245 e. The van der Waals surface area contributed by atoms with E-state index >= 15 is 0 Å². The molecule has 5 atom stereocenters. The van der Waals surface area contributed by atoms with Gasteiger partial charge in [-0.25, -0.2) is 9.97 Å². The van der Waals surface area contributed by atoms with Crippen LogP contribution in [-0.2, 0) is 22.7 Å². The van der Waals surface area contributed by atoms with Crippen molar-refractivity contribution < 1.29 is 19.1 Å². The van der Waals surface area contributed by atoms with Crippen LogP contribution in [-0.4, -0.2) is 58.5 Å². The molecule has 1 amide bonds. The molecule has 39 heavy (non-hydrogen) atoms. The molecule has 0 unspecified atom stereocenters. The third kappa shape index (κ3) is 5.14. The molecule has 11 heteroatoms. The maximum absolute atomic E-state index is 13.6. The van der Waals surface area contributed by atoms with E-state index < -0.39 is 10.4 Å². The molecule has 0 bridgehead atoms. The van der Waals surface area contributed by atoms with Crippen molar-refractivity contribution in [2.24, 2.45) is 17.8 Å². The lowest BCUT2D eigenvalue weighted by molar-refractivity contribution is -0.139. The number of ether oxygens (including phenoxy) is 1. The van der Waals surface area contributed by atoms with Gasteiger partial charge in [-0.3, -0.25) is 19.1 Å². The molecule has 3 fully saturated rings. The van der Waals surface area contributed by atoms with Gasteiger partial charge in [0.25, 0.3) is 0 Å². The fourth-order valence-electron chi connectivity index (χ4n) is 5.94. The number of hydrogen-bond donors (Lipinski definition) is 0. The van der Waals surface area contributed by atoms with Crippen LogP contribution < -0.4 is 4.74 Å². The normalized spacial score (nSPS) is 25.3. The first-order chi connectivity index (χ1) is 18.6. The van der Waals surface area contributed by atoms with E-state index in [-0.39, 0.29) is 54.2 Å². The van der Waals surface area contributed by atoms with E-state index in [1.54, 1.807) is 46.2 Å². The van der Waals surface area contributed by atoms with Gasteiger partial charge in [0.2, 0.25) is 5.91 Å². The lowest BCUT2D eigenvalue weighted by atomic mass is 9.94. The molecule has 204 valence electrons. The van der Waals surface area contributed by atoms with E-state index in [4.69, 9.17) is 27.9 Å². The molecule has 2 aliphatic carbocycles. The van der Waals surface area contributed by atoms with Crippen LogP contribution >= 0.6 is 23.2 Å². The number of nitrogens with zero attached hydrogens (tertiary/aromatic N) is 5. The van der Waals surface area contributed by atoms with Gasteiger partial charge in [-0.1, -0.05) is 6.92 Å². The fraction of sp³-hybridized carbons (Fsp3) is 0.500. The van der Waals surface area contributed by atoms with E-state index in [9.17, 15) is 14.4 Å². The third-order valence-electron chi connectivity index (χ3n) is 8.18. The largest absolute Gasteiger partial charge is 0.486 e. The van der Waals surface area contributed by atoms with Gasteiger partial charge in [0.1, 0.15) is 28.9 Å². The molecule has 6 rings (SSSR count). The molecule has 1 aliphatic heterocycles. The lowest BCUT2D eigenvalue weighted by Gasteiger charge is -2.27. The topological polar surface area (TPSA) is 107 Å². The second-order valence-corrected chi connectivity index (χ2v) is 12.6. The van der Waals surface area contributed by atoms with Gasteiger partial charge >= 0.3 is 0 Å². The predicted molar refractivity (Wildman–Crippen MR) is 145 cm³/mol. The molecule has 1 saturated heterocycles. The number of alkyl halides is 2. The summed E-state index contributed by atoms with van der Waals surface area (Å²) in [7, 11) is 0. The van der Waals surface area contributed by atoms with E-state index in [2.05, 4.69) is 15.1 Å². The summed E-state index contributed by atoms with van der Waals surface area (Å²) in [6.45, 7) is 3.57. The fourth-order valence-corrected chi connectivity index (χ4v) is 6.70. The number of carbonyl (C=O) groups is 3. The Kier molecular flexibility index (Phi) is 6.62. The highest BCUT2D eigenvalue weighted by Crippen LogP contribution is 2.58. The Balaban J connectivity index is 1.19. The van der Waals surface area contributed by atoms with Crippen LogP contribution in [0.5, 0.6) is 5.75 Å². The van der Waals surface area contributed by atoms with Gasteiger partial charge in [0, 0.05) is 37.2 Å². The summed E-state index contributed by atoms with van der Waals surface area (Å²) in [6, 6.07) is 6.69. The highest BCUT2D eigenvalue weighted by molar-refractivity contribution is 6.50. The number of aromatic nitrogens is 4. The first kappa shape index (κ1) is 26.2. The van der Waals surface area contributed by atoms with Crippen LogP contribution in [0.1, 0.15) is 55.8 Å². The minimum Gasteiger partial charge on any atom is -0.486 e. The molecule has 0 spiro atoms. The van der Waals surface area contributed by atoms with Crippen LogP contribution in [0.2, 0.25) is 0 Å². The van der Waals surface area contributed by atoms with E-state index in [1.807, 2.05) is 6.92 Å². The summed E-state index contributed by atoms with van der Waals surface area (Å²) < 4.78 is 6.65. The van der Waals surface area contributed by atoms with Gasteiger partial charge in [-0.15, -0.1) is 23.2 Å². The van der Waals surface area contributed by atoms with Crippen LogP contribution in [0, 0.1) is 17.8 Å². The quantitative estimate of drug-likeness (QED) is 0.263. The summed E-state index contributed by atoms with van der Waals surface area (Å²) in [6.07, 6.45) is 5.96. The highest BCUT2D eigenvalue weighted by atomic mass is 35.5. The second-order valence-electron chi connectivity index (χ2n) is 11.0. The molecule has 2 aromatic heterocycles. The Morgan fingerprint density at radius 1 is 1.18 bits per heavy atom. The standard InChI is InChI=1S/C28H29Cl2N5O4/c1-15(20-12-28(20,29)30)8-24(37)23-10-17-9-22(17)35(23)26(38)13-34-21-5-4-18(11-19(21)27(33-34)16(2)36)39-14-25-31-6-3-7-32-25/h3-7,11,15,17,20,22-23H,8-10,12-14H2,1-2H3/t15-,17+,20+,22+,23-/m0/s1.